The Morgan fingerprint density at radius 1 is 1.29 bits per heavy atom. The molecule has 2 amide bonds. The van der Waals surface area contributed by atoms with Crippen LogP contribution < -0.4 is 22.1 Å². The number of aliphatic imine (C=N–C) groups is 1. The summed E-state index contributed by atoms with van der Waals surface area (Å²) in [6.07, 6.45) is 2.43. The number of anilines is 2. The van der Waals surface area contributed by atoms with Gasteiger partial charge in [0, 0.05) is 19.6 Å². The average molecular weight is 332 g/mol. The number of likely N-dealkylation sites (tertiary alicyclic amines) is 1. The summed E-state index contributed by atoms with van der Waals surface area (Å²) >= 11 is 0. The van der Waals surface area contributed by atoms with Gasteiger partial charge < -0.3 is 27.0 Å². The van der Waals surface area contributed by atoms with Crippen LogP contribution >= 0.6 is 0 Å². The van der Waals surface area contributed by atoms with Gasteiger partial charge >= 0.3 is 5.91 Å². The lowest BCUT2D eigenvalue weighted by molar-refractivity contribution is -0.119. The van der Waals surface area contributed by atoms with Crippen molar-refractivity contribution in [3.8, 4) is 0 Å². The Bertz CT molecular complexity index is 709. The van der Waals surface area contributed by atoms with Gasteiger partial charge in [-0.2, -0.15) is 4.99 Å². The van der Waals surface area contributed by atoms with Gasteiger partial charge in [-0.3, -0.25) is 9.59 Å². The van der Waals surface area contributed by atoms with Crippen LogP contribution in [-0.2, 0) is 4.79 Å². The smallest absolute Gasteiger partial charge is 0.302 e. The lowest BCUT2D eigenvalue weighted by Gasteiger charge is -2.36. The number of aromatic nitrogens is 2. The minimum atomic E-state index is -0.583. The Hall–Kier alpha value is -2.91. The van der Waals surface area contributed by atoms with Crippen molar-refractivity contribution in [3.63, 3.8) is 0 Å². The van der Waals surface area contributed by atoms with Crippen molar-refractivity contribution >= 4 is 29.9 Å². The number of rotatable bonds is 2. The summed E-state index contributed by atoms with van der Waals surface area (Å²) in [7, 11) is 0. The number of nitrogens with two attached hydrogens (primary N) is 2. The first-order valence-corrected chi connectivity index (χ1v) is 7.66. The first-order valence-electron chi connectivity index (χ1n) is 7.66. The van der Waals surface area contributed by atoms with Crippen LogP contribution in [0.2, 0.25) is 0 Å². The first-order chi connectivity index (χ1) is 11.4. The van der Waals surface area contributed by atoms with Gasteiger partial charge in [0.25, 0.3) is 0 Å². The molecule has 3 rings (SSSR count). The number of hydrogen-bond acceptors (Lipinski definition) is 6. The summed E-state index contributed by atoms with van der Waals surface area (Å²) in [6, 6.07) is 0. The Balaban J connectivity index is 1.73. The molecule has 0 aliphatic carbocycles. The fourth-order valence-corrected chi connectivity index (χ4v) is 2.88. The molecule has 3 heterocycles. The third kappa shape index (κ3) is 2.94. The number of carbonyl (C=O) groups excluding carboxylic acids is 2. The number of nitrogens with one attached hydrogen (secondary N) is 2. The Morgan fingerprint density at radius 3 is 2.67 bits per heavy atom. The van der Waals surface area contributed by atoms with E-state index in [4.69, 9.17) is 11.5 Å². The fraction of sp³-hybridized carbons (Fsp3) is 0.500. The maximum atomic E-state index is 12.3. The highest BCUT2D eigenvalue weighted by Gasteiger charge is 2.39. The van der Waals surface area contributed by atoms with Gasteiger partial charge in [0.05, 0.1) is 11.2 Å². The van der Waals surface area contributed by atoms with Crippen molar-refractivity contribution in [2.75, 3.05) is 31.1 Å². The lowest BCUT2D eigenvalue weighted by atomic mass is 9.89. The standard InChI is InChI=1S/C14H20N8O2/c1-8-10(15)19-11(16)9(18-8)12(24)20-13-17-6-14(21-13)2-4-22(7-23)5-3-14/h7H,2-6H2,1H3,(H4,15,16,19)(H2,17,20,21,24). The van der Waals surface area contributed by atoms with Crippen molar-refractivity contribution < 1.29 is 9.59 Å². The van der Waals surface area contributed by atoms with Crippen LogP contribution in [0.5, 0.6) is 0 Å². The summed E-state index contributed by atoms with van der Waals surface area (Å²) in [4.78, 5) is 36.8. The molecule has 10 nitrogen and oxygen atoms in total. The normalized spacial score (nSPS) is 20.7. The number of amides is 2. The highest BCUT2D eigenvalue weighted by Crippen LogP contribution is 2.23. The summed E-state index contributed by atoms with van der Waals surface area (Å²) in [5.41, 5.74) is 11.5. The van der Waals surface area contributed by atoms with Gasteiger partial charge in [0.1, 0.15) is 5.82 Å². The Morgan fingerprint density at radius 2 is 2.00 bits per heavy atom. The average Bonchev–Trinajstić information content (AvgIpc) is 2.94. The predicted molar refractivity (Wildman–Crippen MR) is 88.1 cm³/mol. The molecule has 1 aromatic rings. The zero-order valence-electron chi connectivity index (χ0n) is 13.4. The largest absolute Gasteiger partial charge is 0.382 e. The van der Waals surface area contributed by atoms with Crippen molar-refractivity contribution in [1.82, 2.24) is 25.5 Å². The third-order valence-corrected chi connectivity index (χ3v) is 4.43. The van der Waals surface area contributed by atoms with Crippen LogP contribution in [0.4, 0.5) is 11.6 Å². The molecule has 2 fully saturated rings. The van der Waals surface area contributed by atoms with Crippen LogP contribution in [-0.4, -0.2) is 58.3 Å². The van der Waals surface area contributed by atoms with Gasteiger partial charge in [-0.15, -0.1) is 0 Å². The molecule has 1 spiro atoms. The second kappa shape index (κ2) is 5.95. The van der Waals surface area contributed by atoms with Crippen LogP contribution in [0.1, 0.15) is 29.0 Å². The van der Waals surface area contributed by atoms with E-state index in [2.05, 4.69) is 25.6 Å². The molecule has 0 unspecified atom stereocenters. The molecule has 128 valence electrons. The van der Waals surface area contributed by atoms with E-state index in [0.29, 0.717) is 31.3 Å². The van der Waals surface area contributed by atoms with Crippen LogP contribution in [0, 0.1) is 6.92 Å². The van der Waals surface area contributed by atoms with E-state index in [1.54, 1.807) is 11.8 Å². The molecule has 2 aliphatic rings. The molecule has 10 heteroatoms. The molecular formula is C14H20N8O2. The van der Waals surface area contributed by atoms with E-state index < -0.39 is 5.91 Å². The van der Waals surface area contributed by atoms with Gasteiger partial charge in [-0.1, -0.05) is 0 Å². The van der Waals surface area contributed by atoms with Gasteiger partial charge in [0.15, 0.2) is 17.5 Å². The van der Waals surface area contributed by atoms with Crippen molar-refractivity contribution in [2.24, 2.45) is 4.99 Å². The van der Waals surface area contributed by atoms with Crippen molar-refractivity contribution in [3.05, 3.63) is 11.4 Å². The summed E-state index contributed by atoms with van der Waals surface area (Å²) in [6.45, 7) is 3.64. The van der Waals surface area contributed by atoms with Crippen LogP contribution in [0.3, 0.4) is 0 Å². The summed E-state index contributed by atoms with van der Waals surface area (Å²) in [5.74, 6) is -0.0510. The Kier molecular flexibility index (Phi) is 3.96. The van der Waals surface area contributed by atoms with Crippen molar-refractivity contribution in [1.29, 1.82) is 0 Å². The maximum Gasteiger partial charge on any atom is 0.302 e. The molecule has 0 bridgehead atoms. The number of nitrogen functional groups attached to an aromatic ring is 2. The Labute approximate surface area is 138 Å². The molecular weight excluding hydrogens is 312 g/mol. The third-order valence-electron chi connectivity index (χ3n) is 4.43. The SMILES string of the molecule is Cc1nc(C(=O)/N=C2\NCC3(CCN(C=O)CC3)N2)c(N)nc1N. The van der Waals surface area contributed by atoms with E-state index in [1.807, 2.05) is 0 Å². The van der Waals surface area contributed by atoms with Gasteiger partial charge in [-0.05, 0) is 19.8 Å². The molecule has 24 heavy (non-hydrogen) atoms. The molecule has 2 saturated heterocycles. The van der Waals surface area contributed by atoms with Crippen molar-refractivity contribution in [2.45, 2.75) is 25.3 Å². The first kappa shape index (κ1) is 16.0. The molecule has 1 aromatic heterocycles. The quantitative estimate of drug-likeness (QED) is 0.484. The van der Waals surface area contributed by atoms with Crippen LogP contribution in [0.25, 0.3) is 0 Å². The molecule has 2 aliphatic heterocycles. The number of piperidine rings is 1. The second-order valence-electron chi connectivity index (χ2n) is 6.09. The zero-order chi connectivity index (χ0) is 17.3. The van der Waals surface area contributed by atoms with Gasteiger partial charge in [0.2, 0.25) is 6.41 Å². The van der Waals surface area contributed by atoms with E-state index in [1.165, 1.54) is 0 Å². The highest BCUT2D eigenvalue weighted by atomic mass is 16.1. The van der Waals surface area contributed by atoms with E-state index >= 15 is 0 Å². The predicted octanol–water partition coefficient (Wildman–Crippen LogP) is -1.37. The highest BCUT2D eigenvalue weighted by molar-refractivity contribution is 6.04. The number of nitrogens with zero attached hydrogens (tertiary/aromatic N) is 4. The molecule has 0 saturated carbocycles. The van der Waals surface area contributed by atoms with E-state index in [-0.39, 0.29) is 22.9 Å². The second-order valence-corrected chi connectivity index (χ2v) is 6.09. The summed E-state index contributed by atoms with van der Waals surface area (Å²) < 4.78 is 0. The number of guanidine groups is 1. The number of hydrogen-bond donors (Lipinski definition) is 4. The van der Waals surface area contributed by atoms with E-state index in [9.17, 15) is 9.59 Å². The van der Waals surface area contributed by atoms with Crippen LogP contribution in [0.15, 0.2) is 4.99 Å². The summed E-state index contributed by atoms with van der Waals surface area (Å²) in [5, 5.41) is 6.35. The van der Waals surface area contributed by atoms with Gasteiger partial charge in [-0.25, -0.2) is 9.97 Å². The molecule has 0 radical (unpaired) electrons. The monoisotopic (exact) mass is 332 g/mol. The minimum absolute atomic E-state index is 0.0190. The lowest BCUT2D eigenvalue weighted by Crippen LogP contribution is -2.52. The zero-order valence-corrected chi connectivity index (χ0v) is 13.4. The molecule has 6 N–H and O–H groups in total. The number of carbonyl (C=O) groups is 2. The molecule has 0 atom stereocenters. The minimum Gasteiger partial charge on any atom is -0.382 e. The molecule has 0 aromatic carbocycles. The fourth-order valence-electron chi connectivity index (χ4n) is 2.88. The number of aryl methyl sites for hydroxylation is 1. The maximum absolute atomic E-state index is 12.3. The van der Waals surface area contributed by atoms with E-state index in [0.717, 1.165) is 19.3 Å². The topological polar surface area (TPSA) is 152 Å².